The Morgan fingerprint density at radius 3 is 2.94 bits per heavy atom. The third-order valence-corrected chi connectivity index (χ3v) is 2.21. The number of nitrogens with zero attached hydrogens (tertiary/aromatic N) is 1. The summed E-state index contributed by atoms with van der Waals surface area (Å²) in [7, 11) is 0. The van der Waals surface area contributed by atoms with Gasteiger partial charge in [0, 0.05) is 6.20 Å². The van der Waals surface area contributed by atoms with Crippen molar-refractivity contribution in [2.75, 3.05) is 0 Å². The van der Waals surface area contributed by atoms with Gasteiger partial charge in [-0.15, -0.1) is 12.4 Å². The highest BCUT2D eigenvalue weighted by atomic mass is 35.5. The summed E-state index contributed by atoms with van der Waals surface area (Å²) in [6.07, 6.45) is 1.55. The fourth-order valence-electron chi connectivity index (χ4n) is 1.53. The zero-order valence-electron chi connectivity index (χ0n) is 7.81. The Morgan fingerprint density at radius 2 is 2.12 bits per heavy atom. The van der Waals surface area contributed by atoms with Crippen molar-refractivity contribution in [1.82, 2.24) is 15.1 Å². The Bertz CT molecular complexity index is 771. The van der Waals surface area contributed by atoms with Gasteiger partial charge < -0.3 is 9.51 Å². The lowest BCUT2D eigenvalue weighted by molar-refractivity contribution is 0.442. The Hall–Kier alpha value is -2.08. The van der Waals surface area contributed by atoms with Gasteiger partial charge in [0.25, 0.3) is 5.56 Å². The van der Waals surface area contributed by atoms with E-state index in [-0.39, 0.29) is 28.9 Å². The third-order valence-electron chi connectivity index (χ3n) is 2.21. The molecule has 6 nitrogen and oxygen atoms in total. The molecule has 7 heteroatoms. The largest absolute Gasteiger partial charge is 0.360 e. The van der Waals surface area contributed by atoms with Gasteiger partial charge in [0.05, 0.1) is 5.39 Å². The van der Waals surface area contributed by atoms with Crippen LogP contribution in [0.25, 0.3) is 22.1 Å². The number of hydrogen-bond donors (Lipinski definition) is 2. The van der Waals surface area contributed by atoms with E-state index in [1.165, 1.54) is 0 Å². The monoisotopic (exact) mass is 239 g/mol. The molecule has 0 fully saturated rings. The lowest BCUT2D eigenvalue weighted by Crippen LogP contribution is -2.11. The van der Waals surface area contributed by atoms with Crippen LogP contribution in [0.5, 0.6) is 0 Å². The molecule has 0 unspecified atom stereocenters. The van der Waals surface area contributed by atoms with E-state index in [1.54, 1.807) is 18.3 Å². The Labute approximate surface area is 93.7 Å². The molecule has 0 atom stereocenters. The maximum absolute atomic E-state index is 11.8. The molecule has 0 aliphatic carbocycles. The fraction of sp³-hybridized carbons (Fsp3) is 0. The third kappa shape index (κ3) is 1.24. The number of aromatic amines is 2. The van der Waals surface area contributed by atoms with Crippen LogP contribution in [-0.2, 0) is 0 Å². The highest BCUT2D eigenvalue weighted by molar-refractivity contribution is 5.87. The van der Waals surface area contributed by atoms with Crippen LogP contribution in [0, 0.1) is 0 Å². The van der Waals surface area contributed by atoms with E-state index in [2.05, 4.69) is 15.1 Å². The molecule has 0 bridgehead atoms. The summed E-state index contributed by atoms with van der Waals surface area (Å²) in [6.45, 7) is 0. The van der Waals surface area contributed by atoms with E-state index >= 15 is 0 Å². The molecular formula is C9H6ClN3O3. The molecule has 16 heavy (non-hydrogen) atoms. The van der Waals surface area contributed by atoms with Crippen LogP contribution in [-0.4, -0.2) is 15.1 Å². The zero-order valence-corrected chi connectivity index (χ0v) is 8.63. The van der Waals surface area contributed by atoms with Crippen LogP contribution in [0.4, 0.5) is 0 Å². The van der Waals surface area contributed by atoms with Crippen LogP contribution < -0.4 is 11.0 Å². The summed E-state index contributed by atoms with van der Waals surface area (Å²) in [5.41, 5.74) is -0.382. The highest BCUT2D eigenvalue weighted by Gasteiger charge is 2.11. The standard InChI is InChI=1S/C9H5N3O3.ClH/c13-6-4-2-1-3-10-7(4)11-9-5(6)8(14)12-15-9;/h1-3H,(H,12,14)(H,10,11,13);1H. The van der Waals surface area contributed by atoms with Gasteiger partial charge in [0.2, 0.25) is 11.1 Å². The van der Waals surface area contributed by atoms with E-state index < -0.39 is 5.56 Å². The molecule has 0 aliphatic rings. The van der Waals surface area contributed by atoms with Gasteiger partial charge >= 0.3 is 0 Å². The molecule has 3 rings (SSSR count). The number of H-pyrrole nitrogens is 2. The number of rotatable bonds is 0. The first-order valence-corrected chi connectivity index (χ1v) is 4.25. The average molecular weight is 240 g/mol. The summed E-state index contributed by atoms with van der Waals surface area (Å²) in [4.78, 5) is 29.8. The predicted molar refractivity (Wildman–Crippen MR) is 60.0 cm³/mol. The second-order valence-electron chi connectivity index (χ2n) is 3.09. The number of pyridine rings is 2. The van der Waals surface area contributed by atoms with Gasteiger partial charge in [0.1, 0.15) is 5.65 Å². The maximum Gasteiger partial charge on any atom is 0.293 e. The Balaban J connectivity index is 0.000000963. The van der Waals surface area contributed by atoms with Crippen LogP contribution in [0.1, 0.15) is 0 Å². The van der Waals surface area contributed by atoms with E-state index in [1.807, 2.05) is 0 Å². The number of nitrogens with one attached hydrogen (secondary N) is 2. The van der Waals surface area contributed by atoms with Crippen molar-refractivity contribution in [1.29, 1.82) is 0 Å². The van der Waals surface area contributed by atoms with E-state index in [0.29, 0.717) is 11.0 Å². The minimum Gasteiger partial charge on any atom is -0.360 e. The van der Waals surface area contributed by atoms with Gasteiger partial charge in [-0.3, -0.25) is 9.59 Å². The Kier molecular flexibility index (Phi) is 2.28. The van der Waals surface area contributed by atoms with Crippen molar-refractivity contribution in [3.05, 3.63) is 38.9 Å². The summed E-state index contributed by atoms with van der Waals surface area (Å²) >= 11 is 0. The molecule has 3 heterocycles. The molecule has 0 saturated heterocycles. The summed E-state index contributed by atoms with van der Waals surface area (Å²) in [6, 6.07) is 3.24. The fourth-order valence-corrected chi connectivity index (χ4v) is 1.53. The van der Waals surface area contributed by atoms with Crippen molar-refractivity contribution >= 4 is 34.5 Å². The number of fused-ring (bicyclic) bond motifs is 2. The molecule has 0 aromatic carbocycles. The van der Waals surface area contributed by atoms with Crippen molar-refractivity contribution in [3.63, 3.8) is 0 Å². The molecule has 0 amide bonds. The van der Waals surface area contributed by atoms with Gasteiger partial charge in [-0.2, -0.15) is 5.16 Å². The first-order chi connectivity index (χ1) is 7.27. The highest BCUT2D eigenvalue weighted by Crippen LogP contribution is 2.08. The van der Waals surface area contributed by atoms with Gasteiger partial charge in [0.15, 0.2) is 5.39 Å². The lowest BCUT2D eigenvalue weighted by Gasteiger charge is -1.93. The second-order valence-corrected chi connectivity index (χ2v) is 3.09. The van der Waals surface area contributed by atoms with Crippen molar-refractivity contribution < 1.29 is 4.52 Å². The van der Waals surface area contributed by atoms with E-state index in [9.17, 15) is 9.59 Å². The van der Waals surface area contributed by atoms with Crippen LogP contribution in [0.15, 0.2) is 32.4 Å². The van der Waals surface area contributed by atoms with E-state index in [0.717, 1.165) is 0 Å². The molecule has 3 aromatic rings. The molecule has 0 radical (unpaired) electrons. The smallest absolute Gasteiger partial charge is 0.293 e. The van der Waals surface area contributed by atoms with Crippen LogP contribution in [0.3, 0.4) is 0 Å². The molecule has 0 spiro atoms. The lowest BCUT2D eigenvalue weighted by atomic mass is 10.2. The molecule has 82 valence electrons. The normalized spacial score (nSPS) is 10.5. The molecule has 3 aromatic heterocycles. The molecule has 0 aliphatic heterocycles. The van der Waals surface area contributed by atoms with Gasteiger partial charge in [-0.1, -0.05) is 0 Å². The minimum atomic E-state index is -0.531. The predicted octanol–water partition coefficient (Wildman–Crippen LogP) is 0.779. The average Bonchev–Trinajstić information content (AvgIpc) is 2.61. The summed E-state index contributed by atoms with van der Waals surface area (Å²) < 4.78 is 4.80. The Morgan fingerprint density at radius 1 is 1.31 bits per heavy atom. The topological polar surface area (TPSA) is 91.8 Å². The summed E-state index contributed by atoms with van der Waals surface area (Å²) in [5, 5.41) is 2.47. The molecule has 2 N–H and O–H groups in total. The zero-order chi connectivity index (χ0) is 10.4. The molecule has 0 saturated carbocycles. The van der Waals surface area contributed by atoms with Crippen LogP contribution in [0.2, 0.25) is 0 Å². The first kappa shape index (κ1) is 10.4. The summed E-state index contributed by atoms with van der Waals surface area (Å²) in [5.74, 6) is 0. The van der Waals surface area contributed by atoms with Crippen molar-refractivity contribution in [2.45, 2.75) is 0 Å². The second kappa shape index (κ2) is 3.49. The quantitative estimate of drug-likeness (QED) is 0.606. The number of aromatic nitrogens is 3. The first-order valence-electron chi connectivity index (χ1n) is 4.25. The van der Waals surface area contributed by atoms with Crippen LogP contribution >= 0.6 is 12.4 Å². The number of hydrogen-bond acceptors (Lipinski definition) is 4. The van der Waals surface area contributed by atoms with Gasteiger partial charge in [-0.25, -0.2) is 4.98 Å². The van der Waals surface area contributed by atoms with E-state index in [4.69, 9.17) is 4.52 Å². The van der Waals surface area contributed by atoms with Gasteiger partial charge in [-0.05, 0) is 12.1 Å². The maximum atomic E-state index is 11.8. The number of halogens is 1. The van der Waals surface area contributed by atoms with Crippen molar-refractivity contribution in [3.8, 4) is 0 Å². The SMILES string of the molecule is Cl.O=c1[nH]oc2[nH]c3ncccc3c(=O)c12. The molecular weight excluding hydrogens is 234 g/mol. The minimum absolute atomic E-state index is 0. The van der Waals surface area contributed by atoms with Crippen molar-refractivity contribution in [2.24, 2.45) is 0 Å².